The Bertz CT molecular complexity index is 1480. The van der Waals surface area contributed by atoms with Crippen LogP contribution in [0.15, 0.2) is 65.6 Å². The molecule has 35 heavy (non-hydrogen) atoms. The van der Waals surface area contributed by atoms with Crippen LogP contribution in [0.1, 0.15) is 30.4 Å². The molecule has 7 heteroatoms. The van der Waals surface area contributed by atoms with Crippen LogP contribution in [0, 0.1) is 6.92 Å². The molecular weight excluding hydrogens is 474 g/mol. The van der Waals surface area contributed by atoms with Crippen LogP contribution in [-0.2, 0) is 26.1 Å². The minimum atomic E-state index is -3.83. The smallest absolute Gasteiger partial charge is 0.268 e. The lowest BCUT2D eigenvalue weighted by Crippen LogP contribution is -2.39. The van der Waals surface area contributed by atoms with Gasteiger partial charge in [-0.1, -0.05) is 67.7 Å². The van der Waals surface area contributed by atoms with Crippen molar-refractivity contribution in [2.45, 2.75) is 63.6 Å². The predicted octanol–water partition coefficient (Wildman–Crippen LogP) is 5.93. The molecule has 0 spiro atoms. The van der Waals surface area contributed by atoms with Crippen molar-refractivity contribution >= 4 is 45.1 Å². The summed E-state index contributed by atoms with van der Waals surface area (Å²) in [5.41, 5.74) is 3.50. The molecule has 0 amide bonds. The Kier molecular flexibility index (Phi) is 6.38. The summed E-state index contributed by atoms with van der Waals surface area (Å²) in [6.07, 6.45) is 2.85. The Morgan fingerprint density at radius 1 is 1.00 bits per heavy atom. The summed E-state index contributed by atoms with van der Waals surface area (Å²) in [7, 11) is -5.74. The van der Waals surface area contributed by atoms with Gasteiger partial charge in [0.1, 0.15) is 0 Å². The first-order valence-electron chi connectivity index (χ1n) is 12.3. The molecular formula is C28H33NO4SSi. The van der Waals surface area contributed by atoms with Crippen molar-refractivity contribution in [3.8, 4) is 0 Å². The highest BCUT2D eigenvalue weighted by Gasteiger charge is 2.30. The van der Waals surface area contributed by atoms with Crippen molar-refractivity contribution in [3.05, 3.63) is 71.8 Å². The van der Waals surface area contributed by atoms with Gasteiger partial charge in [0, 0.05) is 17.4 Å². The summed E-state index contributed by atoms with van der Waals surface area (Å²) >= 11 is 0. The molecule has 1 saturated heterocycles. The van der Waals surface area contributed by atoms with E-state index in [9.17, 15) is 8.42 Å². The monoisotopic (exact) mass is 507 g/mol. The molecule has 5 rings (SSSR count). The zero-order valence-electron chi connectivity index (χ0n) is 20.9. The van der Waals surface area contributed by atoms with E-state index in [1.165, 1.54) is 0 Å². The molecule has 1 aliphatic heterocycles. The van der Waals surface area contributed by atoms with Gasteiger partial charge in [0.2, 0.25) is 0 Å². The zero-order valence-corrected chi connectivity index (χ0v) is 22.7. The fourth-order valence-corrected chi connectivity index (χ4v) is 8.09. The summed E-state index contributed by atoms with van der Waals surface area (Å²) in [5, 5.41) is 3.02. The van der Waals surface area contributed by atoms with E-state index >= 15 is 0 Å². The van der Waals surface area contributed by atoms with Crippen molar-refractivity contribution in [2.75, 3.05) is 6.61 Å². The average molecular weight is 508 g/mol. The third-order valence-corrected chi connectivity index (χ3v) is 10.5. The number of hydrogen-bond acceptors (Lipinski definition) is 4. The zero-order chi connectivity index (χ0) is 24.8. The minimum Gasteiger partial charge on any atom is -0.353 e. The lowest BCUT2D eigenvalue weighted by atomic mass is 10.1. The van der Waals surface area contributed by atoms with E-state index in [4.69, 9.17) is 9.47 Å². The average Bonchev–Trinajstić information content (AvgIpc) is 3.19. The first-order valence-corrected chi connectivity index (χ1v) is 17.2. The molecule has 1 unspecified atom stereocenters. The van der Waals surface area contributed by atoms with E-state index in [0.29, 0.717) is 17.0 Å². The maximum Gasteiger partial charge on any atom is 0.268 e. The number of benzene rings is 3. The summed E-state index contributed by atoms with van der Waals surface area (Å²) in [6.45, 7) is 9.84. The van der Waals surface area contributed by atoms with Crippen molar-refractivity contribution in [1.29, 1.82) is 0 Å². The number of aromatic nitrogens is 1. The largest absolute Gasteiger partial charge is 0.353 e. The molecule has 184 valence electrons. The molecule has 0 radical (unpaired) electrons. The number of rotatable bonds is 6. The molecule has 0 aliphatic carbocycles. The highest BCUT2D eigenvalue weighted by Crippen LogP contribution is 2.35. The van der Waals surface area contributed by atoms with Crippen LogP contribution in [0.4, 0.5) is 0 Å². The van der Waals surface area contributed by atoms with Crippen LogP contribution in [0.3, 0.4) is 0 Å². The van der Waals surface area contributed by atoms with Crippen LogP contribution < -0.4 is 5.19 Å². The lowest BCUT2D eigenvalue weighted by molar-refractivity contribution is -0.168. The van der Waals surface area contributed by atoms with Gasteiger partial charge < -0.3 is 9.47 Å². The molecule has 1 atom stereocenters. The van der Waals surface area contributed by atoms with E-state index in [2.05, 4.69) is 31.8 Å². The molecule has 2 heterocycles. The second-order valence-electron chi connectivity index (χ2n) is 10.5. The van der Waals surface area contributed by atoms with E-state index < -0.39 is 18.1 Å². The Hall–Kier alpha value is -2.45. The first kappa shape index (κ1) is 24.3. The Labute approximate surface area is 208 Å². The highest BCUT2D eigenvalue weighted by atomic mass is 32.2. The van der Waals surface area contributed by atoms with Gasteiger partial charge in [-0.25, -0.2) is 12.4 Å². The van der Waals surface area contributed by atoms with Crippen LogP contribution >= 0.6 is 0 Å². The third-order valence-electron chi connectivity index (χ3n) is 6.79. The summed E-state index contributed by atoms with van der Waals surface area (Å²) in [4.78, 5) is 0.296. The van der Waals surface area contributed by atoms with Crippen LogP contribution in [0.25, 0.3) is 21.8 Å². The van der Waals surface area contributed by atoms with E-state index in [0.717, 1.165) is 58.5 Å². The van der Waals surface area contributed by atoms with Crippen molar-refractivity contribution in [3.63, 3.8) is 0 Å². The van der Waals surface area contributed by atoms with Gasteiger partial charge in [-0.2, -0.15) is 0 Å². The standard InChI is InChI=1S/C28H33NO4SSi/c1-20-12-15-22(16-13-20)34(30,31)29-24-10-6-5-9-23(24)27-21(19-33-26-11-7-8-18-32-26)14-17-25(28(27)29)35(2,3)4/h5-6,9-10,12-17,26H,7-8,11,18-19H2,1-4H3. The quantitative estimate of drug-likeness (QED) is 0.304. The third kappa shape index (κ3) is 4.46. The lowest BCUT2D eigenvalue weighted by Gasteiger charge is -2.24. The number of fused-ring (bicyclic) bond motifs is 3. The molecule has 0 saturated carbocycles. The Balaban J connectivity index is 1.78. The second kappa shape index (κ2) is 9.21. The van der Waals surface area contributed by atoms with Gasteiger partial charge in [0.15, 0.2) is 6.29 Å². The van der Waals surface area contributed by atoms with Crippen LogP contribution in [0.5, 0.6) is 0 Å². The van der Waals surface area contributed by atoms with Gasteiger partial charge in [-0.15, -0.1) is 0 Å². The molecule has 1 aliphatic rings. The molecule has 1 fully saturated rings. The minimum absolute atomic E-state index is 0.208. The molecule has 1 aromatic heterocycles. The summed E-state index contributed by atoms with van der Waals surface area (Å²) in [5.74, 6) is 0. The summed E-state index contributed by atoms with van der Waals surface area (Å²) < 4.78 is 41.9. The van der Waals surface area contributed by atoms with Gasteiger partial charge in [-0.3, -0.25) is 0 Å². The molecule has 0 bridgehead atoms. The summed E-state index contributed by atoms with van der Waals surface area (Å²) in [6, 6.07) is 19.1. The van der Waals surface area contributed by atoms with Gasteiger partial charge in [-0.05, 0) is 55.1 Å². The number of nitrogens with zero attached hydrogens (tertiary/aromatic N) is 1. The van der Waals surface area contributed by atoms with E-state index in [1.807, 2.05) is 43.3 Å². The predicted molar refractivity (Wildman–Crippen MR) is 145 cm³/mol. The van der Waals surface area contributed by atoms with Crippen LogP contribution in [0.2, 0.25) is 19.6 Å². The SMILES string of the molecule is Cc1ccc(S(=O)(=O)n2c3ccccc3c3c(COC4CCCCO4)ccc([Si](C)(C)C)c32)cc1. The number of ether oxygens (including phenoxy) is 2. The van der Waals surface area contributed by atoms with Crippen LogP contribution in [-0.4, -0.2) is 33.4 Å². The normalized spacial score (nSPS) is 17.3. The fourth-order valence-electron chi connectivity index (χ4n) is 4.94. The van der Waals surface area contributed by atoms with Crippen molar-refractivity contribution < 1.29 is 17.9 Å². The second-order valence-corrected chi connectivity index (χ2v) is 17.3. The maximum atomic E-state index is 14.2. The van der Waals surface area contributed by atoms with Gasteiger partial charge in [0.05, 0.1) is 30.6 Å². The van der Waals surface area contributed by atoms with E-state index in [-0.39, 0.29) is 6.29 Å². The maximum absolute atomic E-state index is 14.2. The highest BCUT2D eigenvalue weighted by molar-refractivity contribution is 7.90. The molecule has 4 aromatic rings. The number of para-hydroxylation sites is 1. The number of hydrogen-bond donors (Lipinski definition) is 0. The molecule has 0 N–H and O–H groups in total. The van der Waals surface area contributed by atoms with Crippen molar-refractivity contribution in [2.24, 2.45) is 0 Å². The Morgan fingerprint density at radius 2 is 1.74 bits per heavy atom. The van der Waals surface area contributed by atoms with E-state index in [1.54, 1.807) is 16.1 Å². The Morgan fingerprint density at radius 3 is 2.43 bits per heavy atom. The molecule has 3 aromatic carbocycles. The number of aryl methyl sites for hydroxylation is 1. The van der Waals surface area contributed by atoms with Gasteiger partial charge in [0.25, 0.3) is 10.0 Å². The fraction of sp³-hybridized carbons (Fsp3) is 0.357. The first-order chi connectivity index (χ1) is 16.7. The van der Waals surface area contributed by atoms with Crippen molar-refractivity contribution in [1.82, 2.24) is 3.97 Å². The topological polar surface area (TPSA) is 57.5 Å². The van der Waals surface area contributed by atoms with Gasteiger partial charge >= 0.3 is 0 Å². The molecule has 5 nitrogen and oxygen atoms in total.